The maximum atomic E-state index is 12.7. The molecule has 1 fully saturated rings. The normalized spacial score (nSPS) is 23.9. The molecule has 0 spiro atoms. The lowest BCUT2D eigenvalue weighted by Gasteiger charge is -2.37. The van der Waals surface area contributed by atoms with Crippen LogP contribution in [0.2, 0.25) is 0 Å². The van der Waals surface area contributed by atoms with Crippen molar-refractivity contribution < 1.29 is 19.1 Å². The van der Waals surface area contributed by atoms with E-state index in [1.807, 2.05) is 24.3 Å². The molecule has 2 aromatic carbocycles. The Balaban J connectivity index is 1.71. The SMILES string of the molecule is CCOC(=O)/C=C/CC[C@]12CCCC(=O)[C@H]1Oc1ccc3ccccc3c12. The molecule has 1 aliphatic carbocycles. The summed E-state index contributed by atoms with van der Waals surface area (Å²) in [5, 5.41) is 2.33. The zero-order valence-electron chi connectivity index (χ0n) is 15.6. The molecular formula is C23H24O4. The lowest BCUT2D eigenvalue weighted by atomic mass is 9.64. The van der Waals surface area contributed by atoms with E-state index in [0.29, 0.717) is 19.4 Å². The summed E-state index contributed by atoms with van der Waals surface area (Å²) in [7, 11) is 0. The van der Waals surface area contributed by atoms with E-state index >= 15 is 0 Å². The molecule has 140 valence electrons. The van der Waals surface area contributed by atoms with Crippen molar-refractivity contribution in [2.45, 2.75) is 50.5 Å². The van der Waals surface area contributed by atoms with Gasteiger partial charge in [0.05, 0.1) is 6.61 Å². The van der Waals surface area contributed by atoms with Crippen LogP contribution in [0.15, 0.2) is 48.6 Å². The Morgan fingerprint density at radius 3 is 3.00 bits per heavy atom. The third kappa shape index (κ3) is 3.03. The van der Waals surface area contributed by atoms with Gasteiger partial charge in [0.25, 0.3) is 0 Å². The highest BCUT2D eigenvalue weighted by atomic mass is 16.5. The van der Waals surface area contributed by atoms with Crippen LogP contribution < -0.4 is 4.74 Å². The number of hydrogen-bond donors (Lipinski definition) is 0. The van der Waals surface area contributed by atoms with Crippen LogP contribution in [0.5, 0.6) is 5.75 Å². The van der Waals surface area contributed by atoms with Crippen LogP contribution in [0, 0.1) is 0 Å². The van der Waals surface area contributed by atoms with E-state index in [-0.39, 0.29) is 17.2 Å². The van der Waals surface area contributed by atoms with Gasteiger partial charge in [-0.15, -0.1) is 0 Å². The molecule has 2 aromatic rings. The highest BCUT2D eigenvalue weighted by Gasteiger charge is 2.53. The summed E-state index contributed by atoms with van der Waals surface area (Å²) in [5.41, 5.74) is 0.855. The molecule has 27 heavy (non-hydrogen) atoms. The molecular weight excluding hydrogens is 340 g/mol. The lowest BCUT2D eigenvalue weighted by Crippen LogP contribution is -2.47. The van der Waals surface area contributed by atoms with Gasteiger partial charge < -0.3 is 9.47 Å². The topological polar surface area (TPSA) is 52.6 Å². The molecule has 0 N–H and O–H groups in total. The number of rotatable bonds is 5. The van der Waals surface area contributed by atoms with Gasteiger partial charge in [-0.1, -0.05) is 36.4 Å². The second kappa shape index (κ2) is 7.18. The van der Waals surface area contributed by atoms with Gasteiger partial charge in [0.1, 0.15) is 5.75 Å². The monoisotopic (exact) mass is 364 g/mol. The molecule has 1 heterocycles. The van der Waals surface area contributed by atoms with Crippen LogP contribution in [-0.2, 0) is 19.7 Å². The van der Waals surface area contributed by atoms with Gasteiger partial charge in [-0.3, -0.25) is 4.79 Å². The third-order valence-electron chi connectivity index (χ3n) is 5.77. The zero-order chi connectivity index (χ0) is 18.9. The average molecular weight is 364 g/mol. The maximum absolute atomic E-state index is 12.7. The largest absolute Gasteiger partial charge is 0.481 e. The Bertz CT molecular complexity index is 914. The summed E-state index contributed by atoms with van der Waals surface area (Å²) in [6.07, 6.45) is 6.79. The first kappa shape index (κ1) is 17.8. The fraction of sp³-hybridized carbons (Fsp3) is 0.391. The molecule has 4 heteroatoms. The lowest BCUT2D eigenvalue weighted by molar-refractivity contribution is -0.137. The molecule has 0 aromatic heterocycles. The summed E-state index contributed by atoms with van der Waals surface area (Å²) in [5.74, 6) is 0.707. The highest BCUT2D eigenvalue weighted by molar-refractivity contribution is 5.94. The van der Waals surface area contributed by atoms with Gasteiger partial charge in [-0.2, -0.15) is 0 Å². The number of carbonyl (C=O) groups is 2. The van der Waals surface area contributed by atoms with Crippen molar-refractivity contribution in [3.8, 4) is 5.75 Å². The Labute approximate surface area is 159 Å². The molecule has 0 radical (unpaired) electrons. The number of ether oxygens (including phenoxy) is 2. The molecule has 0 unspecified atom stereocenters. The predicted molar refractivity (Wildman–Crippen MR) is 104 cm³/mol. The van der Waals surface area contributed by atoms with E-state index in [4.69, 9.17) is 9.47 Å². The molecule has 2 aliphatic rings. The summed E-state index contributed by atoms with van der Waals surface area (Å²) in [6, 6.07) is 12.3. The van der Waals surface area contributed by atoms with Gasteiger partial charge in [0.2, 0.25) is 0 Å². The molecule has 1 aliphatic heterocycles. The Morgan fingerprint density at radius 1 is 1.30 bits per heavy atom. The number of esters is 1. The molecule has 0 amide bonds. The first-order valence-electron chi connectivity index (χ1n) is 9.70. The number of allylic oxidation sites excluding steroid dienone is 1. The summed E-state index contributed by atoms with van der Waals surface area (Å²) in [4.78, 5) is 24.3. The van der Waals surface area contributed by atoms with E-state index in [2.05, 4.69) is 18.2 Å². The van der Waals surface area contributed by atoms with Crippen molar-refractivity contribution in [1.29, 1.82) is 0 Å². The summed E-state index contributed by atoms with van der Waals surface area (Å²) < 4.78 is 11.1. The molecule has 1 saturated carbocycles. The molecule has 0 saturated heterocycles. The number of Topliss-reactive ketones (excluding diaryl/α,β-unsaturated/α-hetero) is 1. The number of benzene rings is 2. The molecule has 2 atom stereocenters. The van der Waals surface area contributed by atoms with Gasteiger partial charge in [0.15, 0.2) is 11.9 Å². The van der Waals surface area contributed by atoms with E-state index in [9.17, 15) is 9.59 Å². The van der Waals surface area contributed by atoms with Crippen LogP contribution in [0.3, 0.4) is 0 Å². The van der Waals surface area contributed by atoms with Crippen molar-refractivity contribution in [3.05, 3.63) is 54.1 Å². The van der Waals surface area contributed by atoms with Crippen LogP contribution >= 0.6 is 0 Å². The van der Waals surface area contributed by atoms with Gasteiger partial charge in [-0.25, -0.2) is 4.79 Å². The second-order valence-corrected chi connectivity index (χ2v) is 7.33. The van der Waals surface area contributed by atoms with Crippen molar-refractivity contribution in [3.63, 3.8) is 0 Å². The van der Waals surface area contributed by atoms with Crippen molar-refractivity contribution >= 4 is 22.5 Å². The zero-order valence-corrected chi connectivity index (χ0v) is 15.6. The van der Waals surface area contributed by atoms with E-state index in [0.717, 1.165) is 25.0 Å². The minimum Gasteiger partial charge on any atom is -0.481 e. The average Bonchev–Trinajstić information content (AvgIpc) is 3.02. The molecule has 4 nitrogen and oxygen atoms in total. The molecule has 4 rings (SSSR count). The van der Waals surface area contributed by atoms with E-state index in [1.165, 1.54) is 22.4 Å². The van der Waals surface area contributed by atoms with Crippen molar-refractivity contribution in [1.82, 2.24) is 0 Å². The van der Waals surface area contributed by atoms with Gasteiger partial charge >= 0.3 is 5.97 Å². The molecule has 0 bridgehead atoms. The van der Waals surface area contributed by atoms with Crippen molar-refractivity contribution in [2.24, 2.45) is 0 Å². The van der Waals surface area contributed by atoms with Crippen LogP contribution in [0.25, 0.3) is 10.8 Å². The van der Waals surface area contributed by atoms with E-state index in [1.54, 1.807) is 6.92 Å². The quantitative estimate of drug-likeness (QED) is 0.579. The Morgan fingerprint density at radius 2 is 2.15 bits per heavy atom. The van der Waals surface area contributed by atoms with Crippen molar-refractivity contribution in [2.75, 3.05) is 6.61 Å². The first-order chi connectivity index (χ1) is 13.2. The van der Waals surface area contributed by atoms with Crippen LogP contribution in [-0.4, -0.2) is 24.5 Å². The standard InChI is InChI=1S/C23H24O4/c1-2-26-20(25)11-5-6-14-23-15-7-10-18(24)22(23)27-19-13-12-16-8-3-4-9-17(16)21(19)23/h3-5,8-9,11-13,22H,2,6-7,10,14-15H2,1H3/b11-5+/t22-,23-/m1/s1. The summed E-state index contributed by atoms with van der Waals surface area (Å²) >= 11 is 0. The maximum Gasteiger partial charge on any atom is 0.330 e. The Kier molecular flexibility index (Phi) is 4.73. The number of fused-ring (bicyclic) bond motifs is 5. The summed E-state index contributed by atoms with van der Waals surface area (Å²) in [6.45, 7) is 2.16. The van der Waals surface area contributed by atoms with Gasteiger partial charge in [-0.05, 0) is 49.4 Å². The van der Waals surface area contributed by atoms with Gasteiger partial charge in [0, 0.05) is 23.5 Å². The fourth-order valence-electron chi connectivity index (χ4n) is 4.67. The smallest absolute Gasteiger partial charge is 0.330 e. The fourth-order valence-corrected chi connectivity index (χ4v) is 4.67. The third-order valence-corrected chi connectivity index (χ3v) is 5.77. The van der Waals surface area contributed by atoms with Crippen LogP contribution in [0.4, 0.5) is 0 Å². The predicted octanol–water partition coefficient (Wildman–Crippen LogP) is 4.49. The number of hydrogen-bond acceptors (Lipinski definition) is 4. The number of ketones is 1. The highest BCUT2D eigenvalue weighted by Crippen LogP contribution is 2.54. The second-order valence-electron chi connectivity index (χ2n) is 7.33. The first-order valence-corrected chi connectivity index (χ1v) is 9.70. The minimum absolute atomic E-state index is 0.191. The van der Waals surface area contributed by atoms with Crippen LogP contribution in [0.1, 0.15) is 44.6 Å². The minimum atomic E-state index is -0.414. The Hall–Kier alpha value is -2.62. The van der Waals surface area contributed by atoms with E-state index < -0.39 is 6.10 Å². The number of carbonyl (C=O) groups excluding carboxylic acids is 2.